The largest absolute Gasteiger partial charge is 0.480 e. The van der Waals surface area contributed by atoms with Crippen molar-refractivity contribution in [1.29, 1.82) is 0 Å². The number of tetrazole rings is 1. The maximum atomic E-state index is 14.0. The second-order valence-electron chi connectivity index (χ2n) is 15.3. The summed E-state index contributed by atoms with van der Waals surface area (Å²) >= 11 is 12.6. The van der Waals surface area contributed by atoms with Crippen LogP contribution in [0.2, 0.25) is 0 Å². The van der Waals surface area contributed by atoms with Crippen LogP contribution in [0.4, 0.5) is 11.4 Å². The van der Waals surface area contributed by atoms with E-state index in [2.05, 4.69) is 74.7 Å². The first-order chi connectivity index (χ1) is 24.3. The molecular weight excluding hydrogens is 696 g/mol. The molecule has 278 valence electrons. The Hall–Kier alpha value is -4.35. The lowest BCUT2D eigenvalue weighted by atomic mass is 9.76. The van der Waals surface area contributed by atoms with E-state index in [0.717, 1.165) is 23.1 Å². The van der Waals surface area contributed by atoms with E-state index in [4.69, 9.17) is 28.6 Å². The van der Waals surface area contributed by atoms with Crippen LogP contribution < -0.4 is 15.4 Å². The van der Waals surface area contributed by atoms with Gasteiger partial charge in [-0.25, -0.2) is 0 Å². The standard InChI is InChI=1S/C40H51ClN6O4S/c1-11-31(51-32-23-22-26(38(7,8)12-2)24-30(32)39(9,10)13-3)33(48)42-27-18-17-19-28(25-27)43-35(50)40(41,34(49)37(4,5)6)47-36(52)46(44-45-47)29-20-15-14-16-21-29/h14-25,31H,11-13H2,1-10H3,(H,42,48)(H,43,50). The summed E-state index contributed by atoms with van der Waals surface area (Å²) in [5, 5.41) is 13.8. The fourth-order valence-corrected chi connectivity index (χ4v) is 6.34. The molecule has 0 fully saturated rings. The number of alkyl halides is 1. The average molecular weight is 747 g/mol. The van der Waals surface area contributed by atoms with Crippen LogP contribution >= 0.6 is 23.8 Å². The molecule has 1 aromatic heterocycles. The molecule has 2 unspecified atom stereocenters. The van der Waals surface area contributed by atoms with Crippen LogP contribution in [0.15, 0.2) is 72.8 Å². The third-order valence-electron chi connectivity index (χ3n) is 9.74. The third kappa shape index (κ3) is 8.47. The molecule has 0 spiro atoms. The summed E-state index contributed by atoms with van der Waals surface area (Å²) < 4.78 is 8.68. The highest BCUT2D eigenvalue weighted by Crippen LogP contribution is 2.39. The minimum Gasteiger partial charge on any atom is -0.480 e. The van der Waals surface area contributed by atoms with Gasteiger partial charge in [0.1, 0.15) is 5.75 Å². The molecule has 2 N–H and O–H groups in total. The Morgan fingerprint density at radius 3 is 2.00 bits per heavy atom. The second kappa shape index (κ2) is 15.7. The van der Waals surface area contributed by atoms with E-state index >= 15 is 0 Å². The van der Waals surface area contributed by atoms with E-state index in [9.17, 15) is 14.4 Å². The topological polar surface area (TPSA) is 120 Å². The Balaban J connectivity index is 1.60. The predicted octanol–water partition coefficient (Wildman–Crippen LogP) is 9.12. The van der Waals surface area contributed by atoms with Gasteiger partial charge in [0.15, 0.2) is 11.9 Å². The average Bonchev–Trinajstić information content (AvgIpc) is 3.51. The molecular formula is C40H51ClN6O4S. The van der Waals surface area contributed by atoms with E-state index in [-0.39, 0.29) is 27.2 Å². The van der Waals surface area contributed by atoms with Crippen molar-refractivity contribution >= 4 is 52.8 Å². The molecule has 10 nitrogen and oxygen atoms in total. The van der Waals surface area contributed by atoms with Gasteiger partial charge in [0, 0.05) is 22.4 Å². The number of nitrogens with zero attached hydrogens (tertiary/aromatic N) is 4. The molecule has 0 aliphatic rings. The van der Waals surface area contributed by atoms with E-state index in [0.29, 0.717) is 23.5 Å². The number of nitrogens with one attached hydrogen (secondary N) is 2. The van der Waals surface area contributed by atoms with Crippen molar-refractivity contribution in [3.05, 3.63) is 88.7 Å². The highest BCUT2D eigenvalue weighted by atomic mass is 35.5. The zero-order valence-electron chi connectivity index (χ0n) is 31.8. The summed E-state index contributed by atoms with van der Waals surface area (Å²) in [6.45, 7) is 20.0. The summed E-state index contributed by atoms with van der Waals surface area (Å²) in [6.07, 6.45) is 1.51. The van der Waals surface area contributed by atoms with Gasteiger partial charge in [-0.1, -0.05) is 117 Å². The van der Waals surface area contributed by atoms with Gasteiger partial charge in [-0.3, -0.25) is 14.4 Å². The number of hydrogen-bond donors (Lipinski definition) is 2. The van der Waals surface area contributed by atoms with Crippen LogP contribution in [0.5, 0.6) is 5.75 Å². The van der Waals surface area contributed by atoms with Crippen molar-refractivity contribution in [2.24, 2.45) is 5.41 Å². The van der Waals surface area contributed by atoms with E-state index in [1.54, 1.807) is 69.3 Å². The third-order valence-corrected chi connectivity index (χ3v) is 10.6. The number of rotatable bonds is 14. The number of benzene rings is 3. The highest BCUT2D eigenvalue weighted by Gasteiger charge is 2.52. The zero-order valence-corrected chi connectivity index (χ0v) is 33.4. The number of ketones is 1. The summed E-state index contributed by atoms with van der Waals surface area (Å²) in [5.41, 5.74) is 2.32. The highest BCUT2D eigenvalue weighted by molar-refractivity contribution is 7.71. The minimum atomic E-state index is -2.38. The maximum Gasteiger partial charge on any atom is 0.276 e. The van der Waals surface area contributed by atoms with E-state index in [1.807, 2.05) is 19.1 Å². The van der Waals surface area contributed by atoms with Crippen LogP contribution in [0, 0.1) is 10.2 Å². The lowest BCUT2D eigenvalue weighted by Gasteiger charge is -2.31. The number of anilines is 2. The van der Waals surface area contributed by atoms with Gasteiger partial charge in [-0.2, -0.15) is 9.36 Å². The molecule has 2 amide bonds. The van der Waals surface area contributed by atoms with Gasteiger partial charge < -0.3 is 15.4 Å². The number of amides is 2. The van der Waals surface area contributed by atoms with Crippen molar-refractivity contribution in [2.45, 2.75) is 110 Å². The molecule has 2 atom stereocenters. The van der Waals surface area contributed by atoms with Gasteiger partial charge in [-0.05, 0) is 94.7 Å². The number of ether oxygens (including phenoxy) is 1. The Kier molecular flexibility index (Phi) is 12.2. The minimum absolute atomic E-state index is 0.00475. The molecule has 0 aliphatic carbocycles. The fourth-order valence-electron chi connectivity index (χ4n) is 5.53. The van der Waals surface area contributed by atoms with Crippen molar-refractivity contribution in [3.8, 4) is 11.4 Å². The first-order valence-corrected chi connectivity index (χ1v) is 18.5. The lowest BCUT2D eigenvalue weighted by molar-refractivity contribution is -0.138. The summed E-state index contributed by atoms with van der Waals surface area (Å²) in [5.74, 6) is -1.19. The van der Waals surface area contributed by atoms with Gasteiger partial charge in [0.2, 0.25) is 4.77 Å². The molecule has 3 aromatic carbocycles. The quantitative estimate of drug-likeness (QED) is 0.0750. The summed E-state index contributed by atoms with van der Waals surface area (Å²) in [7, 11) is 0. The molecule has 0 saturated carbocycles. The number of hydrogen-bond acceptors (Lipinski definition) is 7. The van der Waals surface area contributed by atoms with Crippen LogP contribution in [0.25, 0.3) is 5.69 Å². The Labute approximate surface area is 317 Å². The first-order valence-electron chi connectivity index (χ1n) is 17.7. The lowest BCUT2D eigenvalue weighted by Crippen LogP contribution is -2.52. The number of carbonyl (C=O) groups is 3. The molecule has 52 heavy (non-hydrogen) atoms. The Morgan fingerprint density at radius 2 is 1.42 bits per heavy atom. The molecule has 12 heteroatoms. The number of halogens is 1. The van der Waals surface area contributed by atoms with Gasteiger partial charge >= 0.3 is 0 Å². The summed E-state index contributed by atoms with van der Waals surface area (Å²) in [4.78, 5) is 39.2. The van der Waals surface area contributed by atoms with Crippen molar-refractivity contribution in [2.75, 3.05) is 10.6 Å². The number of carbonyl (C=O) groups excluding carboxylic acids is 3. The van der Waals surface area contributed by atoms with Gasteiger partial charge in [-0.15, -0.1) is 0 Å². The van der Waals surface area contributed by atoms with Gasteiger partial charge in [0.25, 0.3) is 16.8 Å². The van der Waals surface area contributed by atoms with E-state index < -0.39 is 28.2 Å². The predicted molar refractivity (Wildman–Crippen MR) is 210 cm³/mol. The van der Waals surface area contributed by atoms with Crippen molar-refractivity contribution in [1.82, 2.24) is 19.8 Å². The van der Waals surface area contributed by atoms with Crippen LogP contribution in [0.3, 0.4) is 0 Å². The molecule has 0 aliphatic heterocycles. The Morgan fingerprint density at radius 1 is 0.808 bits per heavy atom. The van der Waals surface area contributed by atoms with Gasteiger partial charge in [0.05, 0.1) is 5.69 Å². The van der Waals surface area contributed by atoms with Crippen LogP contribution in [-0.4, -0.2) is 43.5 Å². The SMILES string of the molecule is CCC(Oc1ccc(C(C)(C)CC)cc1C(C)(C)CC)C(=O)Nc1cccc(NC(=O)C(Cl)(C(=O)C(C)(C)C)n2nnn(-c3ccccc3)c2=S)c1. The maximum absolute atomic E-state index is 14.0. The molecule has 4 aromatic rings. The molecule has 0 saturated heterocycles. The van der Waals surface area contributed by atoms with Crippen molar-refractivity contribution < 1.29 is 19.1 Å². The number of para-hydroxylation sites is 1. The number of Topliss-reactive ketones (excluding diaryl/α,β-unsaturated/α-hetero) is 1. The second-order valence-corrected chi connectivity index (χ2v) is 16.3. The molecule has 0 radical (unpaired) electrons. The zero-order chi connectivity index (χ0) is 38.6. The molecule has 1 heterocycles. The van der Waals surface area contributed by atoms with Crippen LogP contribution in [0.1, 0.15) is 99.6 Å². The normalized spacial score (nSPS) is 13.9. The summed E-state index contributed by atoms with van der Waals surface area (Å²) in [6, 6.07) is 21.8. The van der Waals surface area contributed by atoms with Crippen LogP contribution in [-0.2, 0) is 30.2 Å². The van der Waals surface area contributed by atoms with E-state index in [1.165, 1.54) is 10.2 Å². The number of aromatic nitrogens is 4. The molecule has 0 bridgehead atoms. The molecule has 4 rings (SSSR count). The van der Waals surface area contributed by atoms with Crippen molar-refractivity contribution in [3.63, 3.8) is 0 Å². The first kappa shape index (κ1) is 40.4. The fraction of sp³-hybridized carbons (Fsp3) is 0.450. The Bertz CT molecular complexity index is 1980. The monoisotopic (exact) mass is 746 g/mol. The smallest absolute Gasteiger partial charge is 0.276 e.